The molecule has 0 saturated heterocycles. The van der Waals surface area contributed by atoms with Crippen LogP contribution in [0.4, 0.5) is 0 Å². The molecule has 1 N–H and O–H groups in total. The Labute approximate surface area is 95.2 Å². The highest BCUT2D eigenvalue weighted by atomic mass is 32.1. The first-order valence-corrected chi connectivity index (χ1v) is 5.61. The average molecular weight is 232 g/mol. The van der Waals surface area contributed by atoms with Crippen molar-refractivity contribution >= 4 is 21.6 Å². The minimum Gasteiger partial charge on any atom is -0.390 e. The van der Waals surface area contributed by atoms with Gasteiger partial charge in [0.25, 0.3) is 0 Å². The third kappa shape index (κ3) is 1.50. The van der Waals surface area contributed by atoms with Gasteiger partial charge in [0.1, 0.15) is 5.69 Å². The molecule has 0 unspecified atom stereocenters. The predicted molar refractivity (Wildman–Crippen MR) is 61.0 cm³/mol. The van der Waals surface area contributed by atoms with Crippen LogP contribution in [-0.2, 0) is 6.61 Å². The number of fused-ring (bicyclic) bond motifs is 1. The van der Waals surface area contributed by atoms with E-state index in [2.05, 4.69) is 10.1 Å². The Kier molecular flexibility index (Phi) is 2.19. The highest BCUT2D eigenvalue weighted by molar-refractivity contribution is 7.21. The Bertz CT molecular complexity index is 596. The number of thiazole rings is 1. The molecular formula is C11H8N2O2S. The van der Waals surface area contributed by atoms with E-state index in [4.69, 9.17) is 9.63 Å². The number of benzene rings is 1. The van der Waals surface area contributed by atoms with Gasteiger partial charge in [0.2, 0.25) is 0 Å². The van der Waals surface area contributed by atoms with Gasteiger partial charge < -0.3 is 9.63 Å². The molecule has 0 fully saturated rings. The summed E-state index contributed by atoms with van der Waals surface area (Å²) in [6.45, 7) is -0.117. The van der Waals surface area contributed by atoms with Crippen LogP contribution in [0.2, 0.25) is 0 Å². The van der Waals surface area contributed by atoms with Crippen molar-refractivity contribution in [3.63, 3.8) is 0 Å². The van der Waals surface area contributed by atoms with E-state index < -0.39 is 0 Å². The molecule has 0 aliphatic carbocycles. The van der Waals surface area contributed by atoms with E-state index in [0.29, 0.717) is 11.5 Å². The van der Waals surface area contributed by atoms with Gasteiger partial charge in [-0.2, -0.15) is 0 Å². The molecule has 0 aliphatic rings. The number of para-hydroxylation sites is 1. The number of aromatic nitrogens is 2. The standard InChI is InChI=1S/C11H8N2O2S/c14-6-7-5-9(15-13-7)11-12-8-3-1-2-4-10(8)16-11/h1-5,14H,6H2. The minimum absolute atomic E-state index is 0.117. The van der Waals surface area contributed by atoms with Crippen molar-refractivity contribution in [3.05, 3.63) is 36.0 Å². The molecule has 2 heterocycles. The Hall–Kier alpha value is -1.72. The zero-order valence-corrected chi connectivity index (χ0v) is 9.07. The Morgan fingerprint density at radius 2 is 2.19 bits per heavy atom. The zero-order chi connectivity index (χ0) is 11.0. The summed E-state index contributed by atoms with van der Waals surface area (Å²) in [7, 11) is 0. The van der Waals surface area contributed by atoms with Crippen LogP contribution in [0.1, 0.15) is 5.69 Å². The molecule has 0 atom stereocenters. The summed E-state index contributed by atoms with van der Waals surface area (Å²) in [4.78, 5) is 4.43. The molecule has 5 heteroatoms. The molecule has 80 valence electrons. The topological polar surface area (TPSA) is 59.2 Å². The number of hydrogen-bond acceptors (Lipinski definition) is 5. The van der Waals surface area contributed by atoms with Gasteiger partial charge in [0, 0.05) is 6.07 Å². The summed E-state index contributed by atoms with van der Waals surface area (Å²) in [6, 6.07) is 9.60. The first-order valence-electron chi connectivity index (χ1n) is 4.79. The van der Waals surface area contributed by atoms with Crippen molar-refractivity contribution < 1.29 is 9.63 Å². The summed E-state index contributed by atoms with van der Waals surface area (Å²) in [6.07, 6.45) is 0. The summed E-state index contributed by atoms with van der Waals surface area (Å²) in [5.74, 6) is 0.602. The molecule has 0 radical (unpaired) electrons. The fourth-order valence-corrected chi connectivity index (χ4v) is 2.38. The molecule has 0 amide bonds. The van der Waals surface area contributed by atoms with Gasteiger partial charge in [-0.1, -0.05) is 17.3 Å². The largest absolute Gasteiger partial charge is 0.390 e. The summed E-state index contributed by atoms with van der Waals surface area (Å²) in [5.41, 5.74) is 1.47. The van der Waals surface area contributed by atoms with E-state index in [1.165, 1.54) is 0 Å². The molecular weight excluding hydrogens is 224 g/mol. The first kappa shape index (κ1) is 9.50. The van der Waals surface area contributed by atoms with Crippen LogP contribution in [0.25, 0.3) is 21.0 Å². The molecule has 2 aromatic heterocycles. The average Bonchev–Trinajstić information content (AvgIpc) is 2.95. The molecule has 16 heavy (non-hydrogen) atoms. The second-order valence-corrected chi connectivity index (χ2v) is 4.36. The maximum absolute atomic E-state index is 8.90. The Morgan fingerprint density at radius 1 is 1.31 bits per heavy atom. The van der Waals surface area contributed by atoms with Crippen molar-refractivity contribution in [1.82, 2.24) is 10.1 Å². The van der Waals surface area contributed by atoms with Crippen LogP contribution in [0, 0.1) is 0 Å². The van der Waals surface area contributed by atoms with Gasteiger partial charge >= 0.3 is 0 Å². The molecule has 3 rings (SSSR count). The molecule has 4 nitrogen and oxygen atoms in total. The number of rotatable bonds is 2. The van der Waals surface area contributed by atoms with Crippen molar-refractivity contribution in [1.29, 1.82) is 0 Å². The third-order valence-corrected chi connectivity index (χ3v) is 3.28. The maximum Gasteiger partial charge on any atom is 0.195 e. The molecule has 0 saturated carbocycles. The zero-order valence-electron chi connectivity index (χ0n) is 8.25. The van der Waals surface area contributed by atoms with E-state index >= 15 is 0 Å². The molecule has 0 bridgehead atoms. The van der Waals surface area contributed by atoms with Gasteiger partial charge in [-0.15, -0.1) is 11.3 Å². The van der Waals surface area contributed by atoms with E-state index in [-0.39, 0.29) is 6.61 Å². The second-order valence-electron chi connectivity index (χ2n) is 3.33. The van der Waals surface area contributed by atoms with Crippen LogP contribution in [0.15, 0.2) is 34.9 Å². The quantitative estimate of drug-likeness (QED) is 0.737. The highest BCUT2D eigenvalue weighted by Gasteiger charge is 2.11. The maximum atomic E-state index is 8.90. The predicted octanol–water partition coefficient (Wildman–Crippen LogP) is 2.44. The highest BCUT2D eigenvalue weighted by Crippen LogP contribution is 2.30. The van der Waals surface area contributed by atoms with Crippen molar-refractivity contribution in [2.45, 2.75) is 6.61 Å². The normalized spacial score (nSPS) is 11.1. The monoisotopic (exact) mass is 232 g/mol. The molecule has 0 spiro atoms. The lowest BCUT2D eigenvalue weighted by Crippen LogP contribution is -1.78. The number of hydrogen-bond donors (Lipinski definition) is 1. The van der Waals surface area contributed by atoms with Crippen LogP contribution in [0.3, 0.4) is 0 Å². The summed E-state index contributed by atoms with van der Waals surface area (Å²) < 4.78 is 6.22. The van der Waals surface area contributed by atoms with Gasteiger partial charge in [0.05, 0.1) is 16.8 Å². The number of aliphatic hydroxyl groups is 1. The minimum atomic E-state index is -0.117. The fourth-order valence-electron chi connectivity index (χ4n) is 1.46. The molecule has 1 aromatic carbocycles. The van der Waals surface area contributed by atoms with Crippen LogP contribution >= 0.6 is 11.3 Å². The van der Waals surface area contributed by atoms with E-state index in [1.54, 1.807) is 17.4 Å². The van der Waals surface area contributed by atoms with Crippen LogP contribution in [-0.4, -0.2) is 15.2 Å². The van der Waals surface area contributed by atoms with Gasteiger partial charge in [-0.3, -0.25) is 0 Å². The van der Waals surface area contributed by atoms with Gasteiger partial charge in [-0.25, -0.2) is 4.98 Å². The Balaban J connectivity index is 2.11. The number of aliphatic hydroxyl groups excluding tert-OH is 1. The second kappa shape index (κ2) is 3.70. The van der Waals surface area contributed by atoms with E-state index in [1.807, 2.05) is 24.3 Å². The smallest absolute Gasteiger partial charge is 0.195 e. The third-order valence-electron chi connectivity index (χ3n) is 2.23. The van der Waals surface area contributed by atoms with Crippen molar-refractivity contribution in [2.75, 3.05) is 0 Å². The number of nitrogens with zero attached hydrogens (tertiary/aromatic N) is 2. The van der Waals surface area contributed by atoms with Gasteiger partial charge in [-0.05, 0) is 12.1 Å². The fraction of sp³-hybridized carbons (Fsp3) is 0.0909. The Morgan fingerprint density at radius 3 is 2.94 bits per heavy atom. The van der Waals surface area contributed by atoms with Crippen molar-refractivity contribution in [3.8, 4) is 10.8 Å². The molecule has 3 aromatic rings. The summed E-state index contributed by atoms with van der Waals surface area (Å²) >= 11 is 1.55. The van der Waals surface area contributed by atoms with Crippen LogP contribution < -0.4 is 0 Å². The first-order chi connectivity index (χ1) is 7.86. The lowest BCUT2D eigenvalue weighted by Gasteiger charge is -1.82. The summed E-state index contributed by atoms with van der Waals surface area (Å²) in [5, 5.41) is 13.4. The lowest BCUT2D eigenvalue weighted by molar-refractivity contribution is 0.267. The lowest BCUT2D eigenvalue weighted by atomic mass is 10.3. The van der Waals surface area contributed by atoms with E-state index in [0.717, 1.165) is 15.2 Å². The van der Waals surface area contributed by atoms with Crippen molar-refractivity contribution in [2.24, 2.45) is 0 Å². The van der Waals surface area contributed by atoms with Crippen LogP contribution in [0.5, 0.6) is 0 Å². The molecule has 0 aliphatic heterocycles. The van der Waals surface area contributed by atoms with E-state index in [9.17, 15) is 0 Å². The van der Waals surface area contributed by atoms with Gasteiger partial charge in [0.15, 0.2) is 10.8 Å². The SMILES string of the molecule is OCc1cc(-c2nc3ccccc3s2)on1.